The molecule has 1 aliphatic rings. The van der Waals surface area contributed by atoms with Crippen molar-refractivity contribution in [3.63, 3.8) is 0 Å². The van der Waals surface area contributed by atoms with Crippen molar-refractivity contribution < 1.29 is 4.79 Å². The number of nitrogens with zero attached hydrogens (tertiary/aromatic N) is 4. The maximum absolute atomic E-state index is 12.7. The Kier molecular flexibility index (Phi) is 3.26. The summed E-state index contributed by atoms with van der Waals surface area (Å²) in [6, 6.07) is 4.30. The van der Waals surface area contributed by atoms with Gasteiger partial charge in [0.15, 0.2) is 0 Å². The van der Waals surface area contributed by atoms with Crippen LogP contribution in [-0.4, -0.2) is 31.6 Å². The first-order chi connectivity index (χ1) is 9.66. The van der Waals surface area contributed by atoms with E-state index in [9.17, 15) is 4.79 Å². The Balaban J connectivity index is 1.88. The molecule has 1 aliphatic carbocycles. The minimum Gasteiger partial charge on any atom is -0.329 e. The minimum atomic E-state index is 0.0314. The van der Waals surface area contributed by atoms with Gasteiger partial charge >= 0.3 is 0 Å². The Labute approximate surface area is 118 Å². The number of rotatable bonds is 4. The Bertz CT molecular complexity index is 603. The van der Waals surface area contributed by atoms with Crippen LogP contribution < -0.4 is 0 Å². The first-order valence-corrected chi connectivity index (χ1v) is 6.88. The Hall–Kier alpha value is -2.17. The highest BCUT2D eigenvalue weighted by Crippen LogP contribution is 2.35. The fraction of sp³-hybridized carbons (Fsp3) is 0.400. The van der Waals surface area contributed by atoms with Crippen LogP contribution in [0.4, 0.5) is 0 Å². The predicted octanol–water partition coefficient (Wildman–Crippen LogP) is 2.18. The van der Waals surface area contributed by atoms with E-state index in [0.29, 0.717) is 11.6 Å². The number of hydrogen-bond donors (Lipinski definition) is 0. The topological polar surface area (TPSA) is 51.0 Å². The third kappa shape index (κ3) is 2.43. The molecule has 0 unspecified atom stereocenters. The number of pyridine rings is 1. The second kappa shape index (κ2) is 5.07. The van der Waals surface area contributed by atoms with Crippen molar-refractivity contribution in [2.45, 2.75) is 31.8 Å². The summed E-state index contributed by atoms with van der Waals surface area (Å²) in [5, 5.41) is 4.09. The van der Waals surface area contributed by atoms with E-state index in [-0.39, 0.29) is 11.9 Å². The molecule has 20 heavy (non-hydrogen) atoms. The van der Waals surface area contributed by atoms with Crippen LogP contribution in [0.5, 0.6) is 0 Å². The number of aromatic nitrogens is 3. The Morgan fingerprint density at radius 2 is 2.25 bits per heavy atom. The van der Waals surface area contributed by atoms with E-state index in [1.807, 2.05) is 30.3 Å². The van der Waals surface area contributed by atoms with Gasteiger partial charge in [0.25, 0.3) is 5.91 Å². The summed E-state index contributed by atoms with van der Waals surface area (Å²) in [5.74, 6) is 0.0527. The molecule has 3 rings (SSSR count). The van der Waals surface area contributed by atoms with Gasteiger partial charge in [-0.1, -0.05) is 6.07 Å². The lowest BCUT2D eigenvalue weighted by Gasteiger charge is -2.29. The van der Waals surface area contributed by atoms with Crippen LogP contribution in [0.1, 0.15) is 41.7 Å². The van der Waals surface area contributed by atoms with Gasteiger partial charge in [-0.15, -0.1) is 0 Å². The fourth-order valence-electron chi connectivity index (χ4n) is 2.48. The van der Waals surface area contributed by atoms with Crippen LogP contribution in [0.3, 0.4) is 0 Å². The summed E-state index contributed by atoms with van der Waals surface area (Å²) in [6.45, 7) is 2.06. The lowest BCUT2D eigenvalue weighted by atomic mass is 10.1. The molecule has 1 amide bonds. The predicted molar refractivity (Wildman–Crippen MR) is 75.1 cm³/mol. The SMILES string of the molecule is C[C@@H](c1cccnc1)N(C(=O)c1cnn(C)c1)C1CC1. The van der Waals surface area contributed by atoms with Gasteiger partial charge in [-0.25, -0.2) is 0 Å². The Morgan fingerprint density at radius 1 is 1.45 bits per heavy atom. The van der Waals surface area contributed by atoms with Crippen LogP contribution >= 0.6 is 0 Å². The van der Waals surface area contributed by atoms with E-state index < -0.39 is 0 Å². The van der Waals surface area contributed by atoms with E-state index in [1.165, 1.54) is 0 Å². The second-order valence-electron chi connectivity index (χ2n) is 5.31. The number of hydrogen-bond acceptors (Lipinski definition) is 3. The highest BCUT2D eigenvalue weighted by molar-refractivity contribution is 5.94. The molecular weight excluding hydrogens is 252 g/mol. The largest absolute Gasteiger partial charge is 0.329 e. The molecule has 0 radical (unpaired) electrons. The molecule has 0 bridgehead atoms. The molecule has 2 heterocycles. The molecule has 0 spiro atoms. The molecule has 0 aliphatic heterocycles. The fourth-order valence-corrected chi connectivity index (χ4v) is 2.48. The van der Waals surface area contributed by atoms with Crippen molar-refractivity contribution in [3.8, 4) is 0 Å². The van der Waals surface area contributed by atoms with Gasteiger partial charge in [0.1, 0.15) is 0 Å². The zero-order valence-corrected chi connectivity index (χ0v) is 11.7. The van der Waals surface area contributed by atoms with Gasteiger partial charge in [0.2, 0.25) is 0 Å². The van der Waals surface area contributed by atoms with Gasteiger partial charge in [0.05, 0.1) is 17.8 Å². The number of carbonyl (C=O) groups excluding carboxylic acids is 1. The molecule has 1 atom stereocenters. The first kappa shape index (κ1) is 12.8. The third-order valence-electron chi connectivity index (χ3n) is 3.71. The van der Waals surface area contributed by atoms with Crippen molar-refractivity contribution >= 4 is 5.91 Å². The average molecular weight is 270 g/mol. The van der Waals surface area contributed by atoms with Gasteiger partial charge in [-0.2, -0.15) is 5.10 Å². The molecular formula is C15H18N4O. The van der Waals surface area contributed by atoms with E-state index in [0.717, 1.165) is 18.4 Å². The van der Waals surface area contributed by atoms with E-state index >= 15 is 0 Å². The van der Waals surface area contributed by atoms with Crippen LogP contribution in [0.2, 0.25) is 0 Å². The first-order valence-electron chi connectivity index (χ1n) is 6.88. The van der Waals surface area contributed by atoms with Crippen LogP contribution in [0.15, 0.2) is 36.9 Å². The van der Waals surface area contributed by atoms with Crippen molar-refractivity contribution in [2.24, 2.45) is 7.05 Å². The molecule has 1 saturated carbocycles. The second-order valence-corrected chi connectivity index (χ2v) is 5.31. The highest BCUT2D eigenvalue weighted by atomic mass is 16.2. The quantitative estimate of drug-likeness (QED) is 0.855. The molecule has 5 heteroatoms. The molecule has 1 fully saturated rings. The van der Waals surface area contributed by atoms with Gasteiger partial charge in [-0.05, 0) is 31.4 Å². The number of carbonyl (C=O) groups is 1. The maximum Gasteiger partial charge on any atom is 0.257 e. The van der Waals surface area contributed by atoms with Crippen molar-refractivity contribution in [1.29, 1.82) is 0 Å². The minimum absolute atomic E-state index is 0.0314. The van der Waals surface area contributed by atoms with Gasteiger partial charge in [-0.3, -0.25) is 14.5 Å². The molecule has 0 saturated heterocycles. The summed E-state index contributed by atoms with van der Waals surface area (Å²) in [4.78, 5) is 18.8. The lowest BCUT2D eigenvalue weighted by Crippen LogP contribution is -2.35. The average Bonchev–Trinajstić information content (AvgIpc) is 3.20. The van der Waals surface area contributed by atoms with Gasteiger partial charge in [0, 0.05) is 31.7 Å². The van der Waals surface area contributed by atoms with Gasteiger partial charge < -0.3 is 4.90 Å². The lowest BCUT2D eigenvalue weighted by molar-refractivity contribution is 0.0673. The highest BCUT2D eigenvalue weighted by Gasteiger charge is 2.37. The summed E-state index contributed by atoms with van der Waals surface area (Å²) < 4.78 is 1.66. The third-order valence-corrected chi connectivity index (χ3v) is 3.71. The molecule has 2 aromatic rings. The standard InChI is InChI=1S/C15H18N4O/c1-11(12-4-3-7-16-8-12)19(14-5-6-14)15(20)13-9-17-18(2)10-13/h3-4,7-11,14H,5-6H2,1-2H3/t11-/m0/s1. The molecule has 2 aromatic heterocycles. The number of amides is 1. The zero-order chi connectivity index (χ0) is 14.1. The van der Waals surface area contributed by atoms with Crippen LogP contribution in [0.25, 0.3) is 0 Å². The molecule has 0 N–H and O–H groups in total. The Morgan fingerprint density at radius 3 is 2.80 bits per heavy atom. The zero-order valence-electron chi connectivity index (χ0n) is 11.7. The van der Waals surface area contributed by atoms with Crippen molar-refractivity contribution in [1.82, 2.24) is 19.7 Å². The van der Waals surface area contributed by atoms with E-state index in [2.05, 4.69) is 17.0 Å². The van der Waals surface area contributed by atoms with Crippen LogP contribution in [-0.2, 0) is 7.05 Å². The summed E-state index contributed by atoms with van der Waals surface area (Å²) in [6.07, 6.45) is 9.14. The smallest absolute Gasteiger partial charge is 0.257 e. The summed E-state index contributed by atoms with van der Waals surface area (Å²) in [5.41, 5.74) is 1.71. The monoisotopic (exact) mass is 270 g/mol. The summed E-state index contributed by atoms with van der Waals surface area (Å²) in [7, 11) is 1.82. The normalized spacial score (nSPS) is 15.9. The molecule has 5 nitrogen and oxygen atoms in total. The maximum atomic E-state index is 12.7. The van der Waals surface area contributed by atoms with E-state index in [4.69, 9.17) is 0 Å². The molecule has 104 valence electrons. The number of aryl methyl sites for hydroxylation is 1. The molecule has 0 aromatic carbocycles. The van der Waals surface area contributed by atoms with Crippen molar-refractivity contribution in [2.75, 3.05) is 0 Å². The van der Waals surface area contributed by atoms with E-state index in [1.54, 1.807) is 23.3 Å². The van der Waals surface area contributed by atoms with Crippen molar-refractivity contribution in [3.05, 3.63) is 48.0 Å². The summed E-state index contributed by atoms with van der Waals surface area (Å²) >= 11 is 0. The van der Waals surface area contributed by atoms with Crippen LogP contribution in [0, 0.1) is 0 Å².